The summed E-state index contributed by atoms with van der Waals surface area (Å²) in [6, 6.07) is 11.8. The lowest BCUT2D eigenvalue weighted by Crippen LogP contribution is -2.45. The van der Waals surface area contributed by atoms with E-state index in [0.29, 0.717) is 16.6 Å². The van der Waals surface area contributed by atoms with Gasteiger partial charge in [0.2, 0.25) is 0 Å². The Morgan fingerprint density at radius 1 is 1.14 bits per heavy atom. The van der Waals surface area contributed by atoms with Gasteiger partial charge in [-0.3, -0.25) is 4.79 Å². The van der Waals surface area contributed by atoms with Crippen molar-refractivity contribution in [2.75, 3.05) is 18.6 Å². The zero-order valence-corrected chi connectivity index (χ0v) is 17.7. The van der Waals surface area contributed by atoms with Crippen molar-refractivity contribution in [3.8, 4) is 11.1 Å². The van der Waals surface area contributed by atoms with Crippen LogP contribution in [0.5, 0.6) is 0 Å². The third kappa shape index (κ3) is 3.77. The van der Waals surface area contributed by atoms with Gasteiger partial charge in [-0.05, 0) is 49.1 Å². The van der Waals surface area contributed by atoms with Gasteiger partial charge in [0.05, 0.1) is 34.0 Å². The molecule has 1 aliphatic heterocycles. The lowest BCUT2D eigenvalue weighted by Gasteiger charge is -2.38. The summed E-state index contributed by atoms with van der Waals surface area (Å²) in [4.78, 5) is 23.5. The van der Waals surface area contributed by atoms with Crippen LogP contribution in [-0.2, 0) is 9.53 Å². The van der Waals surface area contributed by atoms with Crippen LogP contribution in [0.2, 0.25) is 10.0 Å². The maximum atomic E-state index is 12.2. The second-order valence-corrected chi connectivity index (χ2v) is 8.14. The number of benzene rings is 2. The smallest absolute Gasteiger partial charge is 0.310 e. The number of piperidine rings is 1. The number of hydrogen-bond donors (Lipinski definition) is 0. The monoisotopic (exact) mass is 429 g/mol. The maximum absolute atomic E-state index is 12.2. The average molecular weight is 430 g/mol. The van der Waals surface area contributed by atoms with Gasteiger partial charge in [-0.15, -0.1) is 0 Å². The van der Waals surface area contributed by atoms with Crippen LogP contribution < -0.4 is 4.90 Å². The molecule has 29 heavy (non-hydrogen) atoms. The number of aromatic nitrogens is 2. The summed E-state index contributed by atoms with van der Waals surface area (Å²) in [7, 11) is 1.44. The molecule has 2 heterocycles. The number of rotatable bonds is 3. The molecule has 0 N–H and O–H groups in total. The lowest BCUT2D eigenvalue weighted by atomic mass is 9.92. The summed E-state index contributed by atoms with van der Waals surface area (Å²) in [5.41, 5.74) is 2.75. The third-order valence-electron chi connectivity index (χ3n) is 5.56. The standard InChI is InChI=1S/C22H21Cl2N3O2/c1-13-6-7-15(22(28)29-2)11-27(13)21-20-16(4-3-5-19(20)25-12-26-21)14-8-9-17(23)18(24)10-14/h3-5,8-10,12-13,15H,6-7,11H2,1-2H3. The molecule has 7 heteroatoms. The van der Waals surface area contributed by atoms with Crippen LogP contribution in [-0.4, -0.2) is 35.6 Å². The van der Waals surface area contributed by atoms with E-state index in [2.05, 4.69) is 21.8 Å². The van der Waals surface area contributed by atoms with Crippen molar-refractivity contribution < 1.29 is 9.53 Å². The molecule has 0 aliphatic carbocycles. The van der Waals surface area contributed by atoms with E-state index < -0.39 is 0 Å². The largest absolute Gasteiger partial charge is 0.469 e. The Balaban J connectivity index is 1.87. The Labute approximate surface area is 179 Å². The van der Waals surface area contributed by atoms with E-state index >= 15 is 0 Å². The molecular formula is C22H21Cl2N3O2. The molecule has 2 aromatic carbocycles. The normalized spacial score (nSPS) is 19.4. The minimum Gasteiger partial charge on any atom is -0.469 e. The Hall–Kier alpha value is -2.37. The Morgan fingerprint density at radius 3 is 2.72 bits per heavy atom. The average Bonchev–Trinajstić information content (AvgIpc) is 2.74. The van der Waals surface area contributed by atoms with E-state index in [0.717, 1.165) is 40.7 Å². The quantitative estimate of drug-likeness (QED) is 0.522. The van der Waals surface area contributed by atoms with E-state index in [4.69, 9.17) is 27.9 Å². The Morgan fingerprint density at radius 2 is 1.97 bits per heavy atom. The van der Waals surface area contributed by atoms with E-state index in [1.54, 1.807) is 12.4 Å². The van der Waals surface area contributed by atoms with Crippen molar-refractivity contribution in [2.24, 2.45) is 5.92 Å². The van der Waals surface area contributed by atoms with Crippen molar-refractivity contribution in [2.45, 2.75) is 25.8 Å². The molecule has 0 spiro atoms. The molecule has 5 nitrogen and oxygen atoms in total. The lowest BCUT2D eigenvalue weighted by molar-refractivity contribution is -0.145. The fourth-order valence-electron chi connectivity index (χ4n) is 3.98. The highest BCUT2D eigenvalue weighted by molar-refractivity contribution is 6.42. The Bertz CT molecular complexity index is 1070. The van der Waals surface area contributed by atoms with E-state index in [1.807, 2.05) is 30.3 Å². The fraction of sp³-hybridized carbons (Fsp3) is 0.318. The number of esters is 1. The topological polar surface area (TPSA) is 55.3 Å². The number of hydrogen-bond acceptors (Lipinski definition) is 5. The molecule has 1 aromatic heterocycles. The molecule has 0 amide bonds. The molecule has 0 radical (unpaired) electrons. The summed E-state index contributed by atoms with van der Waals surface area (Å²) in [6.45, 7) is 2.72. The summed E-state index contributed by atoms with van der Waals surface area (Å²) in [5.74, 6) is 0.473. The number of nitrogens with zero attached hydrogens (tertiary/aromatic N) is 3. The summed E-state index contributed by atoms with van der Waals surface area (Å²) < 4.78 is 4.99. The molecule has 4 rings (SSSR count). The predicted octanol–water partition coefficient (Wildman–Crippen LogP) is 5.38. The first kappa shape index (κ1) is 19.9. The number of carbonyl (C=O) groups excluding carboxylic acids is 1. The van der Waals surface area contributed by atoms with Crippen molar-refractivity contribution in [1.29, 1.82) is 0 Å². The summed E-state index contributed by atoms with van der Waals surface area (Å²) in [5, 5.41) is 1.94. The summed E-state index contributed by atoms with van der Waals surface area (Å²) >= 11 is 12.4. The highest BCUT2D eigenvalue weighted by Gasteiger charge is 2.32. The van der Waals surface area contributed by atoms with Crippen LogP contribution in [0.25, 0.3) is 22.0 Å². The van der Waals surface area contributed by atoms with Crippen LogP contribution in [0.15, 0.2) is 42.7 Å². The van der Waals surface area contributed by atoms with Crippen molar-refractivity contribution >= 4 is 45.9 Å². The molecule has 1 fully saturated rings. The number of halogens is 2. The molecule has 2 atom stereocenters. The van der Waals surface area contributed by atoms with Gasteiger partial charge in [0.1, 0.15) is 12.1 Å². The van der Waals surface area contributed by atoms with Gasteiger partial charge in [-0.25, -0.2) is 9.97 Å². The van der Waals surface area contributed by atoms with Crippen molar-refractivity contribution in [3.63, 3.8) is 0 Å². The predicted molar refractivity (Wildman–Crippen MR) is 117 cm³/mol. The summed E-state index contributed by atoms with van der Waals surface area (Å²) in [6.07, 6.45) is 3.28. The van der Waals surface area contributed by atoms with Gasteiger partial charge in [0.15, 0.2) is 0 Å². The maximum Gasteiger partial charge on any atom is 0.310 e. The Kier molecular flexibility index (Phi) is 5.61. The van der Waals surface area contributed by atoms with Gasteiger partial charge in [0, 0.05) is 12.6 Å². The minimum atomic E-state index is -0.176. The molecule has 1 aliphatic rings. The van der Waals surface area contributed by atoms with Crippen LogP contribution >= 0.6 is 23.2 Å². The third-order valence-corrected chi connectivity index (χ3v) is 6.30. The number of methoxy groups -OCH3 is 1. The SMILES string of the molecule is COC(=O)C1CCC(C)N(c2ncnc3cccc(-c4ccc(Cl)c(Cl)c4)c23)C1. The molecule has 2 unspecified atom stereocenters. The van der Waals surface area contributed by atoms with Gasteiger partial charge >= 0.3 is 5.97 Å². The van der Waals surface area contributed by atoms with E-state index in [1.165, 1.54) is 7.11 Å². The first-order valence-electron chi connectivity index (χ1n) is 9.53. The fourth-order valence-corrected chi connectivity index (χ4v) is 4.27. The van der Waals surface area contributed by atoms with E-state index in [-0.39, 0.29) is 17.9 Å². The van der Waals surface area contributed by atoms with Crippen molar-refractivity contribution in [3.05, 3.63) is 52.8 Å². The van der Waals surface area contributed by atoms with Crippen LogP contribution in [0.3, 0.4) is 0 Å². The zero-order chi connectivity index (χ0) is 20.5. The number of carbonyl (C=O) groups is 1. The van der Waals surface area contributed by atoms with Crippen LogP contribution in [0.4, 0.5) is 5.82 Å². The van der Waals surface area contributed by atoms with Gasteiger partial charge in [-0.1, -0.05) is 41.4 Å². The second-order valence-electron chi connectivity index (χ2n) is 7.32. The zero-order valence-electron chi connectivity index (χ0n) is 16.2. The van der Waals surface area contributed by atoms with Crippen molar-refractivity contribution in [1.82, 2.24) is 9.97 Å². The first-order chi connectivity index (χ1) is 14.0. The molecule has 0 bridgehead atoms. The molecular weight excluding hydrogens is 409 g/mol. The minimum absolute atomic E-state index is 0.168. The van der Waals surface area contributed by atoms with Gasteiger partial charge in [-0.2, -0.15) is 0 Å². The van der Waals surface area contributed by atoms with Crippen LogP contribution in [0, 0.1) is 5.92 Å². The molecule has 3 aromatic rings. The number of fused-ring (bicyclic) bond motifs is 1. The number of ether oxygens (including phenoxy) is 1. The highest BCUT2D eigenvalue weighted by Crippen LogP contribution is 2.38. The highest BCUT2D eigenvalue weighted by atomic mass is 35.5. The molecule has 1 saturated heterocycles. The second kappa shape index (κ2) is 8.17. The van der Waals surface area contributed by atoms with Crippen LogP contribution in [0.1, 0.15) is 19.8 Å². The molecule has 0 saturated carbocycles. The number of anilines is 1. The van der Waals surface area contributed by atoms with Gasteiger partial charge < -0.3 is 9.64 Å². The van der Waals surface area contributed by atoms with Gasteiger partial charge in [0.25, 0.3) is 0 Å². The first-order valence-corrected chi connectivity index (χ1v) is 10.3. The molecule has 150 valence electrons. The van der Waals surface area contributed by atoms with E-state index in [9.17, 15) is 4.79 Å².